The van der Waals surface area contributed by atoms with E-state index in [1.54, 1.807) is 13.0 Å². The standard InChI is InChI=1S/C9H7ClN2O2/c1-5-7(8(13)3-10)2-6(4-11)9(14)12-5/h2H,3H2,1H3,(H,12,14). The highest BCUT2D eigenvalue weighted by atomic mass is 35.5. The van der Waals surface area contributed by atoms with E-state index in [4.69, 9.17) is 16.9 Å². The molecule has 0 bridgehead atoms. The molecule has 0 aromatic carbocycles. The number of aromatic amines is 1. The van der Waals surface area contributed by atoms with Gasteiger partial charge in [-0.3, -0.25) is 9.59 Å². The molecule has 0 spiro atoms. The number of carbonyl (C=O) groups excluding carboxylic acids is 1. The van der Waals surface area contributed by atoms with Gasteiger partial charge in [-0.05, 0) is 13.0 Å². The highest BCUT2D eigenvalue weighted by Crippen LogP contribution is 2.06. The molecule has 1 heterocycles. The number of hydrogen-bond donors (Lipinski definition) is 1. The van der Waals surface area contributed by atoms with Crippen LogP contribution in [-0.2, 0) is 0 Å². The van der Waals surface area contributed by atoms with Crippen LogP contribution in [0.2, 0.25) is 0 Å². The van der Waals surface area contributed by atoms with Crippen molar-refractivity contribution in [2.45, 2.75) is 6.92 Å². The van der Waals surface area contributed by atoms with Crippen LogP contribution >= 0.6 is 11.6 Å². The van der Waals surface area contributed by atoms with Crippen molar-refractivity contribution in [1.82, 2.24) is 4.98 Å². The predicted octanol–water partition coefficient (Wildman–Crippen LogP) is 0.976. The highest BCUT2D eigenvalue weighted by molar-refractivity contribution is 6.30. The van der Waals surface area contributed by atoms with E-state index in [2.05, 4.69) is 4.98 Å². The zero-order chi connectivity index (χ0) is 10.7. The third kappa shape index (κ3) is 1.83. The van der Waals surface area contributed by atoms with Crippen LogP contribution in [0.1, 0.15) is 21.6 Å². The van der Waals surface area contributed by atoms with Crippen molar-refractivity contribution in [2.24, 2.45) is 0 Å². The Balaban J connectivity index is 3.41. The topological polar surface area (TPSA) is 73.7 Å². The van der Waals surface area contributed by atoms with Gasteiger partial charge in [-0.15, -0.1) is 11.6 Å². The number of H-pyrrole nitrogens is 1. The van der Waals surface area contributed by atoms with E-state index in [0.717, 1.165) is 0 Å². The minimum Gasteiger partial charge on any atom is -0.325 e. The molecular weight excluding hydrogens is 204 g/mol. The Morgan fingerprint density at radius 3 is 2.86 bits per heavy atom. The molecule has 0 atom stereocenters. The number of aromatic nitrogens is 1. The highest BCUT2D eigenvalue weighted by Gasteiger charge is 2.11. The van der Waals surface area contributed by atoms with E-state index in [1.165, 1.54) is 6.07 Å². The largest absolute Gasteiger partial charge is 0.325 e. The lowest BCUT2D eigenvalue weighted by atomic mass is 10.1. The Morgan fingerprint density at radius 2 is 2.36 bits per heavy atom. The molecule has 4 nitrogen and oxygen atoms in total. The van der Waals surface area contributed by atoms with Gasteiger partial charge in [0.05, 0.1) is 5.88 Å². The Labute approximate surface area is 85.1 Å². The number of carbonyl (C=O) groups is 1. The molecule has 1 aromatic heterocycles. The Hall–Kier alpha value is -1.60. The van der Waals surface area contributed by atoms with Gasteiger partial charge in [0.2, 0.25) is 0 Å². The number of halogens is 1. The number of nitrogens with zero attached hydrogens (tertiary/aromatic N) is 1. The maximum atomic E-state index is 11.3. The summed E-state index contributed by atoms with van der Waals surface area (Å²) in [7, 11) is 0. The third-order valence-electron chi connectivity index (χ3n) is 1.78. The summed E-state index contributed by atoms with van der Waals surface area (Å²) in [5.41, 5.74) is 0.149. The van der Waals surface area contributed by atoms with Gasteiger partial charge < -0.3 is 4.98 Å². The van der Waals surface area contributed by atoms with Crippen LogP contribution in [0.25, 0.3) is 0 Å². The smallest absolute Gasteiger partial charge is 0.266 e. The Bertz CT molecular complexity index is 471. The molecule has 0 aliphatic heterocycles. The molecule has 0 saturated heterocycles. The molecule has 0 unspecified atom stereocenters. The first-order chi connectivity index (χ1) is 6.60. The monoisotopic (exact) mass is 210 g/mol. The summed E-state index contributed by atoms with van der Waals surface area (Å²) < 4.78 is 0. The van der Waals surface area contributed by atoms with Crippen molar-refractivity contribution in [3.63, 3.8) is 0 Å². The van der Waals surface area contributed by atoms with E-state index >= 15 is 0 Å². The van der Waals surface area contributed by atoms with E-state index in [1.807, 2.05) is 0 Å². The number of nitrogens with one attached hydrogen (secondary N) is 1. The molecule has 5 heteroatoms. The number of aryl methyl sites for hydroxylation is 1. The van der Waals surface area contributed by atoms with Crippen LogP contribution < -0.4 is 5.56 Å². The van der Waals surface area contributed by atoms with Crippen LogP contribution in [0, 0.1) is 18.3 Å². The lowest BCUT2D eigenvalue weighted by molar-refractivity contribution is 0.102. The maximum Gasteiger partial charge on any atom is 0.266 e. The minimum atomic E-state index is -0.490. The van der Waals surface area contributed by atoms with Crippen molar-refractivity contribution >= 4 is 17.4 Å². The Morgan fingerprint density at radius 1 is 1.71 bits per heavy atom. The van der Waals surface area contributed by atoms with Gasteiger partial charge in [0.1, 0.15) is 11.6 Å². The fourth-order valence-electron chi connectivity index (χ4n) is 1.07. The quantitative estimate of drug-likeness (QED) is 0.584. The summed E-state index contributed by atoms with van der Waals surface area (Å²) in [5.74, 6) is -0.477. The number of nitriles is 1. The normalized spacial score (nSPS) is 9.50. The van der Waals surface area contributed by atoms with E-state index < -0.39 is 5.56 Å². The second-order valence-corrected chi connectivity index (χ2v) is 2.99. The number of alkyl halides is 1. The van der Waals surface area contributed by atoms with Crippen molar-refractivity contribution in [3.8, 4) is 6.07 Å². The summed E-state index contributed by atoms with van der Waals surface area (Å²) in [5, 5.41) is 8.57. The molecule has 72 valence electrons. The van der Waals surface area contributed by atoms with Gasteiger partial charge in [0.25, 0.3) is 5.56 Å². The summed E-state index contributed by atoms with van der Waals surface area (Å²) >= 11 is 5.37. The van der Waals surface area contributed by atoms with E-state index in [0.29, 0.717) is 5.69 Å². The first-order valence-electron chi connectivity index (χ1n) is 3.83. The number of Topliss-reactive ketones (excluding diaryl/α,β-unsaturated/α-hetero) is 1. The first kappa shape index (κ1) is 10.5. The molecule has 0 fully saturated rings. The summed E-state index contributed by atoms with van der Waals surface area (Å²) in [6.07, 6.45) is 0. The van der Waals surface area contributed by atoms with Crippen LogP contribution in [0.15, 0.2) is 10.9 Å². The summed E-state index contributed by atoms with van der Waals surface area (Å²) in [6.45, 7) is 1.59. The summed E-state index contributed by atoms with van der Waals surface area (Å²) in [6, 6.07) is 2.97. The number of rotatable bonds is 2. The van der Waals surface area contributed by atoms with Crippen molar-refractivity contribution in [2.75, 3.05) is 5.88 Å². The Kier molecular flexibility index (Phi) is 3.05. The molecule has 1 N–H and O–H groups in total. The average Bonchev–Trinajstić information content (AvgIpc) is 2.17. The lowest BCUT2D eigenvalue weighted by Gasteiger charge is -2.01. The maximum absolute atomic E-state index is 11.3. The molecule has 1 aromatic rings. The second-order valence-electron chi connectivity index (χ2n) is 2.72. The van der Waals surface area contributed by atoms with Gasteiger partial charge in [-0.1, -0.05) is 0 Å². The number of pyridine rings is 1. The molecule has 0 saturated carbocycles. The molecule has 0 radical (unpaired) electrons. The zero-order valence-electron chi connectivity index (χ0n) is 7.43. The van der Waals surface area contributed by atoms with Crippen molar-refractivity contribution in [3.05, 3.63) is 33.2 Å². The molecule has 0 aliphatic rings. The lowest BCUT2D eigenvalue weighted by Crippen LogP contribution is -2.16. The molecule has 0 amide bonds. The van der Waals surface area contributed by atoms with Gasteiger partial charge in [0, 0.05) is 11.3 Å². The van der Waals surface area contributed by atoms with Gasteiger partial charge >= 0.3 is 0 Å². The number of hydrogen-bond acceptors (Lipinski definition) is 3. The van der Waals surface area contributed by atoms with Crippen molar-refractivity contribution in [1.29, 1.82) is 5.26 Å². The van der Waals surface area contributed by atoms with Gasteiger partial charge in [0.15, 0.2) is 5.78 Å². The fourth-order valence-corrected chi connectivity index (χ4v) is 1.21. The van der Waals surface area contributed by atoms with Crippen LogP contribution in [0.5, 0.6) is 0 Å². The zero-order valence-corrected chi connectivity index (χ0v) is 8.18. The average molecular weight is 211 g/mol. The van der Waals surface area contributed by atoms with E-state index in [9.17, 15) is 9.59 Å². The van der Waals surface area contributed by atoms with Crippen LogP contribution in [0.3, 0.4) is 0 Å². The molecule has 14 heavy (non-hydrogen) atoms. The fraction of sp³-hybridized carbons (Fsp3) is 0.222. The first-order valence-corrected chi connectivity index (χ1v) is 4.36. The molecule has 1 rings (SSSR count). The van der Waals surface area contributed by atoms with E-state index in [-0.39, 0.29) is 22.8 Å². The summed E-state index contributed by atoms with van der Waals surface area (Å²) in [4.78, 5) is 24.8. The van der Waals surface area contributed by atoms with Gasteiger partial charge in [-0.2, -0.15) is 5.26 Å². The number of ketones is 1. The second kappa shape index (κ2) is 4.07. The molecular formula is C9H7ClN2O2. The van der Waals surface area contributed by atoms with Crippen LogP contribution in [-0.4, -0.2) is 16.6 Å². The third-order valence-corrected chi connectivity index (χ3v) is 2.02. The SMILES string of the molecule is Cc1[nH]c(=O)c(C#N)cc1C(=O)CCl. The minimum absolute atomic E-state index is 0.0796. The predicted molar refractivity (Wildman–Crippen MR) is 51.6 cm³/mol. The molecule has 0 aliphatic carbocycles. The van der Waals surface area contributed by atoms with Gasteiger partial charge in [-0.25, -0.2) is 0 Å². The van der Waals surface area contributed by atoms with Crippen molar-refractivity contribution < 1.29 is 4.79 Å². The van der Waals surface area contributed by atoms with Crippen LogP contribution in [0.4, 0.5) is 0 Å².